The number of ether oxygens (including phenoxy) is 6. The average Bonchev–Trinajstić information content (AvgIpc) is 3.17. The molecule has 284 valence electrons. The standard InChI is InChI=1S/C36H28F10O6S/c1-47-21-11-15(12-22(48-2)33(21)51-5)35(31(45)27(41)17-7-9-19(37)29(43)25(17)39)53-36(16-13-23(49-3)34(52-6)24(14-16)50-4)32(46)28(42)18-8-10-20(38)30(44)26(18)40/h7-14,35-36H,1-6H3/b31-27-,32-28?. The molecular formula is C36H28F10O6S. The fraction of sp³-hybridized carbons (Fsp3) is 0.222. The minimum absolute atomic E-state index is 0.0499. The van der Waals surface area contributed by atoms with Gasteiger partial charge in [0.1, 0.15) is 0 Å². The van der Waals surface area contributed by atoms with E-state index in [0.717, 1.165) is 24.3 Å². The highest BCUT2D eigenvalue weighted by Crippen LogP contribution is 2.55. The number of hydrogen-bond acceptors (Lipinski definition) is 7. The second-order valence-electron chi connectivity index (χ2n) is 10.6. The van der Waals surface area contributed by atoms with Gasteiger partial charge in [-0.05, 0) is 59.7 Å². The van der Waals surface area contributed by atoms with Crippen LogP contribution in [0.25, 0.3) is 11.7 Å². The predicted molar refractivity (Wildman–Crippen MR) is 176 cm³/mol. The van der Waals surface area contributed by atoms with E-state index in [1.54, 1.807) is 0 Å². The highest BCUT2D eigenvalue weighted by Gasteiger charge is 2.35. The van der Waals surface area contributed by atoms with Gasteiger partial charge in [0.25, 0.3) is 0 Å². The summed E-state index contributed by atoms with van der Waals surface area (Å²) in [5.74, 6) is -20.7. The third-order valence-corrected chi connectivity index (χ3v) is 9.18. The van der Waals surface area contributed by atoms with Crippen molar-refractivity contribution in [2.24, 2.45) is 0 Å². The molecule has 17 heteroatoms. The molecule has 2 atom stereocenters. The molecule has 4 aromatic carbocycles. The van der Waals surface area contributed by atoms with E-state index < -0.39 is 79.8 Å². The van der Waals surface area contributed by atoms with Gasteiger partial charge in [-0.1, -0.05) is 0 Å². The fourth-order valence-corrected chi connectivity index (χ4v) is 6.39. The second-order valence-corrected chi connectivity index (χ2v) is 11.8. The molecule has 0 aliphatic rings. The van der Waals surface area contributed by atoms with Crippen molar-refractivity contribution in [2.45, 2.75) is 10.5 Å². The van der Waals surface area contributed by atoms with Crippen molar-refractivity contribution in [3.05, 3.63) is 117 Å². The Hall–Kier alpha value is -5.19. The number of methoxy groups -OCH3 is 6. The average molecular weight is 779 g/mol. The van der Waals surface area contributed by atoms with Crippen LogP contribution in [-0.4, -0.2) is 42.7 Å². The first kappa shape index (κ1) is 40.6. The van der Waals surface area contributed by atoms with Gasteiger partial charge in [-0.15, -0.1) is 11.8 Å². The molecule has 53 heavy (non-hydrogen) atoms. The van der Waals surface area contributed by atoms with Gasteiger partial charge < -0.3 is 28.4 Å². The Morgan fingerprint density at radius 1 is 0.453 bits per heavy atom. The van der Waals surface area contributed by atoms with Crippen LogP contribution in [0.3, 0.4) is 0 Å². The number of thioether (sulfide) groups is 1. The lowest BCUT2D eigenvalue weighted by Crippen LogP contribution is -2.08. The summed E-state index contributed by atoms with van der Waals surface area (Å²) in [6.45, 7) is 0. The van der Waals surface area contributed by atoms with Gasteiger partial charge in [0, 0.05) is 0 Å². The fourth-order valence-electron chi connectivity index (χ4n) is 5.09. The maximum Gasteiger partial charge on any atom is 0.203 e. The molecule has 0 fully saturated rings. The zero-order chi connectivity index (χ0) is 39.3. The third kappa shape index (κ3) is 7.94. The summed E-state index contributed by atoms with van der Waals surface area (Å²) < 4.78 is 182. The lowest BCUT2D eigenvalue weighted by molar-refractivity contribution is 0.323. The summed E-state index contributed by atoms with van der Waals surface area (Å²) in [5, 5.41) is -4.40. The van der Waals surface area contributed by atoms with E-state index in [4.69, 9.17) is 28.4 Å². The molecule has 0 saturated carbocycles. The van der Waals surface area contributed by atoms with Gasteiger partial charge in [0.05, 0.1) is 64.3 Å². The number of halogens is 10. The van der Waals surface area contributed by atoms with Crippen molar-refractivity contribution in [1.29, 1.82) is 0 Å². The summed E-state index contributed by atoms with van der Waals surface area (Å²) >= 11 is 0.0582. The Morgan fingerprint density at radius 3 is 1.02 bits per heavy atom. The molecule has 6 nitrogen and oxygen atoms in total. The smallest absolute Gasteiger partial charge is 0.203 e. The first-order valence-corrected chi connectivity index (χ1v) is 15.8. The van der Waals surface area contributed by atoms with E-state index >= 15 is 17.6 Å². The van der Waals surface area contributed by atoms with Crippen molar-refractivity contribution >= 4 is 23.4 Å². The number of hydrogen-bond donors (Lipinski definition) is 0. The lowest BCUT2D eigenvalue weighted by Gasteiger charge is -2.25. The van der Waals surface area contributed by atoms with E-state index in [-0.39, 0.29) is 57.4 Å². The molecule has 0 amide bonds. The molecule has 0 aromatic heterocycles. The molecule has 0 aliphatic carbocycles. The van der Waals surface area contributed by atoms with Crippen LogP contribution in [0.2, 0.25) is 0 Å². The number of rotatable bonds is 14. The normalized spacial score (nSPS) is 13.4. The molecule has 0 saturated heterocycles. The Bertz CT molecular complexity index is 1880. The monoisotopic (exact) mass is 778 g/mol. The summed E-state index contributed by atoms with van der Waals surface area (Å²) in [6.07, 6.45) is 0. The van der Waals surface area contributed by atoms with Crippen molar-refractivity contribution < 1.29 is 72.3 Å². The molecular weight excluding hydrogens is 750 g/mol. The zero-order valence-corrected chi connectivity index (χ0v) is 29.2. The molecule has 0 N–H and O–H groups in total. The third-order valence-electron chi connectivity index (χ3n) is 7.67. The van der Waals surface area contributed by atoms with Crippen LogP contribution in [0, 0.1) is 34.9 Å². The zero-order valence-electron chi connectivity index (χ0n) is 28.4. The van der Waals surface area contributed by atoms with Crippen LogP contribution in [0.5, 0.6) is 34.5 Å². The van der Waals surface area contributed by atoms with Crippen LogP contribution >= 0.6 is 11.8 Å². The van der Waals surface area contributed by atoms with E-state index in [0.29, 0.717) is 24.3 Å². The van der Waals surface area contributed by atoms with Crippen LogP contribution < -0.4 is 28.4 Å². The van der Waals surface area contributed by atoms with Gasteiger partial charge in [0.15, 0.2) is 81.2 Å². The van der Waals surface area contributed by atoms with Gasteiger partial charge in [-0.25, -0.2) is 43.9 Å². The molecule has 0 spiro atoms. The summed E-state index contributed by atoms with van der Waals surface area (Å²) in [4.78, 5) is 0. The van der Waals surface area contributed by atoms with Gasteiger partial charge >= 0.3 is 0 Å². The highest BCUT2D eigenvalue weighted by molar-refractivity contribution is 8.00. The first-order valence-electron chi connectivity index (χ1n) is 14.8. The molecule has 0 aliphatic heterocycles. The Balaban J connectivity index is 2.12. The van der Waals surface area contributed by atoms with Crippen LogP contribution in [0.4, 0.5) is 43.9 Å². The van der Waals surface area contributed by atoms with E-state index in [1.807, 2.05) is 0 Å². The van der Waals surface area contributed by atoms with Gasteiger partial charge in [-0.3, -0.25) is 0 Å². The topological polar surface area (TPSA) is 55.4 Å². The van der Waals surface area contributed by atoms with Gasteiger partial charge in [-0.2, -0.15) is 0 Å². The first-order chi connectivity index (χ1) is 25.2. The van der Waals surface area contributed by atoms with E-state index in [2.05, 4.69) is 0 Å². The van der Waals surface area contributed by atoms with Crippen molar-refractivity contribution in [3.8, 4) is 34.5 Å². The minimum Gasteiger partial charge on any atom is -0.493 e. The molecule has 4 rings (SSSR count). The Morgan fingerprint density at radius 2 is 0.755 bits per heavy atom. The van der Waals surface area contributed by atoms with Crippen LogP contribution in [0.15, 0.2) is 60.2 Å². The Kier molecular flexibility index (Phi) is 13.1. The molecule has 4 aromatic rings. The van der Waals surface area contributed by atoms with Gasteiger partial charge in [0.2, 0.25) is 11.5 Å². The summed E-state index contributed by atoms with van der Waals surface area (Å²) in [7, 11) is 7.11. The lowest BCUT2D eigenvalue weighted by atomic mass is 10.1. The minimum atomic E-state index is -2.20. The highest BCUT2D eigenvalue weighted by atomic mass is 32.2. The summed E-state index contributed by atoms with van der Waals surface area (Å²) in [5.41, 5.74) is -3.45. The van der Waals surface area contributed by atoms with E-state index in [1.165, 1.54) is 42.7 Å². The van der Waals surface area contributed by atoms with Crippen molar-refractivity contribution in [2.75, 3.05) is 42.7 Å². The second kappa shape index (κ2) is 17.1. The molecule has 0 radical (unpaired) electrons. The largest absolute Gasteiger partial charge is 0.493 e. The molecule has 2 unspecified atom stereocenters. The van der Waals surface area contributed by atoms with E-state index in [9.17, 15) is 26.3 Å². The molecule has 0 heterocycles. The maximum absolute atomic E-state index is 16.7. The Labute approximate surface area is 300 Å². The SMILES string of the molecule is COc1cc(C(SC(/C(F)=C(/F)c2ccc(F)c(F)c2F)c2cc(OC)c(OC)c(OC)c2)C(F)=C(F)c2ccc(F)c(F)c2F)cc(OC)c1OC. The number of benzene rings is 4. The predicted octanol–water partition coefficient (Wildman–Crippen LogP) is 10.7. The quantitative estimate of drug-likeness (QED) is 0.0933. The van der Waals surface area contributed by atoms with Crippen molar-refractivity contribution in [3.63, 3.8) is 0 Å². The maximum atomic E-state index is 16.7. The van der Waals surface area contributed by atoms with Crippen molar-refractivity contribution in [1.82, 2.24) is 0 Å². The summed E-state index contributed by atoms with van der Waals surface area (Å²) in [6, 6.07) is 5.77. The van der Waals surface area contributed by atoms with Crippen LogP contribution in [0.1, 0.15) is 32.8 Å². The molecule has 0 bridgehead atoms. The van der Waals surface area contributed by atoms with Crippen LogP contribution in [-0.2, 0) is 0 Å².